The Morgan fingerprint density at radius 3 is 2.42 bits per heavy atom. The maximum atomic E-state index is 13.0. The van der Waals surface area contributed by atoms with Gasteiger partial charge in [-0.15, -0.1) is 12.4 Å². The van der Waals surface area contributed by atoms with Crippen LogP contribution in [0.2, 0.25) is 0 Å². The molecule has 19 heavy (non-hydrogen) atoms. The van der Waals surface area contributed by atoms with Gasteiger partial charge < -0.3 is 9.94 Å². The van der Waals surface area contributed by atoms with E-state index >= 15 is 0 Å². The van der Waals surface area contributed by atoms with Crippen molar-refractivity contribution in [1.82, 2.24) is 0 Å². The van der Waals surface area contributed by atoms with E-state index in [1.807, 2.05) is 0 Å². The van der Waals surface area contributed by atoms with Crippen LogP contribution in [0.15, 0.2) is 36.0 Å². The van der Waals surface area contributed by atoms with Gasteiger partial charge in [-0.1, -0.05) is 11.7 Å². The zero-order chi connectivity index (χ0) is 13.3. The highest BCUT2D eigenvalue weighted by Crippen LogP contribution is 2.28. The molecular weight excluding hydrogens is 280 g/mol. The first-order valence-electron chi connectivity index (χ1n) is 5.05. The van der Waals surface area contributed by atoms with Crippen molar-refractivity contribution >= 4 is 24.1 Å². The standard InChI is InChI=1S/C12H9F2NO3.ClH/c1-2-12(11(16)17)6-10(15-18-12)7-3-8(13)5-9(14)4-7;/h2-5H,1,6H2,(H,16,17);1H. The Bertz CT molecular complexity index is 542. The van der Waals surface area contributed by atoms with Crippen molar-refractivity contribution in [1.29, 1.82) is 0 Å². The van der Waals surface area contributed by atoms with E-state index in [1.165, 1.54) is 0 Å². The number of oxime groups is 1. The second kappa shape index (κ2) is 5.36. The molecule has 4 nitrogen and oxygen atoms in total. The molecular formula is C12H10ClF2NO3. The lowest BCUT2D eigenvalue weighted by Crippen LogP contribution is -2.36. The van der Waals surface area contributed by atoms with Gasteiger partial charge in [-0.25, -0.2) is 13.6 Å². The molecule has 7 heteroatoms. The van der Waals surface area contributed by atoms with E-state index in [9.17, 15) is 13.6 Å². The lowest BCUT2D eigenvalue weighted by atomic mass is 9.94. The van der Waals surface area contributed by atoms with Gasteiger partial charge in [-0.05, 0) is 18.2 Å². The Labute approximate surface area is 113 Å². The Kier molecular flexibility index (Phi) is 4.26. The number of carboxylic acids is 1. The monoisotopic (exact) mass is 289 g/mol. The summed E-state index contributed by atoms with van der Waals surface area (Å²) in [6.07, 6.45) is 0.968. The third-order valence-corrected chi connectivity index (χ3v) is 2.64. The predicted octanol–water partition coefficient (Wildman–Crippen LogP) is 2.52. The van der Waals surface area contributed by atoms with Gasteiger partial charge in [0, 0.05) is 11.6 Å². The number of carbonyl (C=O) groups is 1. The number of aliphatic carboxylic acids is 1. The van der Waals surface area contributed by atoms with Crippen LogP contribution in [0.1, 0.15) is 12.0 Å². The fourth-order valence-corrected chi connectivity index (χ4v) is 1.64. The highest BCUT2D eigenvalue weighted by atomic mass is 35.5. The van der Waals surface area contributed by atoms with Crippen LogP contribution >= 0.6 is 12.4 Å². The van der Waals surface area contributed by atoms with E-state index in [4.69, 9.17) is 9.94 Å². The van der Waals surface area contributed by atoms with Crippen molar-refractivity contribution in [3.63, 3.8) is 0 Å². The minimum Gasteiger partial charge on any atom is -0.478 e. The summed E-state index contributed by atoms with van der Waals surface area (Å²) >= 11 is 0. The van der Waals surface area contributed by atoms with Gasteiger partial charge in [-0.2, -0.15) is 0 Å². The molecule has 0 radical (unpaired) electrons. The molecule has 0 saturated carbocycles. The van der Waals surface area contributed by atoms with E-state index < -0.39 is 23.2 Å². The summed E-state index contributed by atoms with van der Waals surface area (Å²) in [6.45, 7) is 3.37. The van der Waals surface area contributed by atoms with Crippen LogP contribution in [0.4, 0.5) is 8.78 Å². The molecule has 1 aliphatic rings. The summed E-state index contributed by atoms with van der Waals surface area (Å²) in [7, 11) is 0. The third kappa shape index (κ3) is 2.73. The highest BCUT2D eigenvalue weighted by Gasteiger charge is 2.44. The van der Waals surface area contributed by atoms with Crippen LogP contribution in [0, 0.1) is 11.6 Å². The fraction of sp³-hybridized carbons (Fsp3) is 0.167. The third-order valence-electron chi connectivity index (χ3n) is 2.64. The summed E-state index contributed by atoms with van der Waals surface area (Å²) in [6, 6.07) is 2.84. The first-order valence-corrected chi connectivity index (χ1v) is 5.05. The minimum atomic E-state index is -1.67. The van der Waals surface area contributed by atoms with Crippen molar-refractivity contribution in [2.45, 2.75) is 12.0 Å². The molecule has 1 N–H and O–H groups in total. The Balaban J connectivity index is 0.00000180. The van der Waals surface area contributed by atoms with E-state index in [0.29, 0.717) is 0 Å². The molecule has 102 valence electrons. The lowest BCUT2D eigenvalue weighted by molar-refractivity contribution is -0.156. The maximum Gasteiger partial charge on any atom is 0.355 e. The van der Waals surface area contributed by atoms with E-state index in [-0.39, 0.29) is 30.1 Å². The van der Waals surface area contributed by atoms with Crippen LogP contribution < -0.4 is 0 Å². The zero-order valence-corrected chi connectivity index (χ0v) is 10.4. The molecule has 1 aliphatic heterocycles. The number of carboxylic acid groups (broad SMARTS) is 1. The average molecular weight is 290 g/mol. The molecule has 1 aromatic rings. The summed E-state index contributed by atoms with van der Waals surface area (Å²) in [5, 5.41) is 12.6. The van der Waals surface area contributed by atoms with Crippen LogP contribution in [-0.4, -0.2) is 22.4 Å². The van der Waals surface area contributed by atoms with Crippen LogP contribution in [0.25, 0.3) is 0 Å². The second-order valence-electron chi connectivity index (χ2n) is 3.86. The quantitative estimate of drug-likeness (QED) is 0.870. The summed E-state index contributed by atoms with van der Waals surface area (Å²) in [4.78, 5) is 15.9. The van der Waals surface area contributed by atoms with Gasteiger partial charge in [0.15, 0.2) is 0 Å². The van der Waals surface area contributed by atoms with Crippen LogP contribution in [0.5, 0.6) is 0 Å². The van der Waals surface area contributed by atoms with Crippen molar-refractivity contribution in [2.24, 2.45) is 5.16 Å². The first kappa shape index (κ1) is 15.1. The first-order chi connectivity index (χ1) is 8.47. The molecule has 0 aliphatic carbocycles. The number of halogens is 3. The summed E-state index contributed by atoms with van der Waals surface area (Å²) in [5.74, 6) is -2.79. The largest absolute Gasteiger partial charge is 0.478 e. The number of benzene rings is 1. The smallest absolute Gasteiger partial charge is 0.355 e. The van der Waals surface area contributed by atoms with E-state index in [0.717, 1.165) is 24.3 Å². The normalized spacial score (nSPS) is 21.1. The number of rotatable bonds is 3. The SMILES string of the molecule is C=CC1(C(=O)O)CC(c2cc(F)cc(F)c2)=NO1.Cl. The molecule has 1 heterocycles. The molecule has 0 saturated heterocycles. The highest BCUT2D eigenvalue weighted by molar-refractivity contribution is 6.05. The second-order valence-corrected chi connectivity index (χ2v) is 3.86. The van der Waals surface area contributed by atoms with Crippen LogP contribution in [-0.2, 0) is 9.63 Å². The van der Waals surface area contributed by atoms with Gasteiger partial charge in [0.1, 0.15) is 11.6 Å². The van der Waals surface area contributed by atoms with Crippen molar-refractivity contribution < 1.29 is 23.5 Å². The Morgan fingerprint density at radius 2 is 2.00 bits per heavy atom. The molecule has 0 fully saturated rings. The minimum absolute atomic E-state index is 0. The Hall–Kier alpha value is -1.95. The zero-order valence-electron chi connectivity index (χ0n) is 9.60. The van der Waals surface area contributed by atoms with Crippen molar-refractivity contribution in [2.75, 3.05) is 0 Å². The number of hydrogen-bond acceptors (Lipinski definition) is 3. The van der Waals surface area contributed by atoms with Crippen molar-refractivity contribution in [3.8, 4) is 0 Å². The molecule has 2 rings (SSSR count). The molecule has 0 amide bonds. The summed E-state index contributed by atoms with van der Waals surface area (Å²) in [5.41, 5.74) is -1.36. The van der Waals surface area contributed by atoms with Gasteiger partial charge in [-0.3, -0.25) is 0 Å². The lowest BCUT2D eigenvalue weighted by Gasteiger charge is -2.15. The molecule has 1 atom stereocenters. The molecule has 0 bridgehead atoms. The fourth-order valence-electron chi connectivity index (χ4n) is 1.64. The van der Waals surface area contributed by atoms with Gasteiger partial charge in [0.25, 0.3) is 5.60 Å². The van der Waals surface area contributed by atoms with Gasteiger partial charge in [0.2, 0.25) is 0 Å². The number of nitrogens with zero attached hydrogens (tertiary/aromatic N) is 1. The summed E-state index contributed by atoms with van der Waals surface area (Å²) < 4.78 is 26.1. The molecule has 0 aromatic heterocycles. The Morgan fingerprint density at radius 1 is 1.42 bits per heavy atom. The maximum absolute atomic E-state index is 13.0. The average Bonchev–Trinajstić information content (AvgIpc) is 2.73. The molecule has 1 unspecified atom stereocenters. The topological polar surface area (TPSA) is 58.9 Å². The molecule has 0 spiro atoms. The van der Waals surface area contributed by atoms with Crippen molar-refractivity contribution in [3.05, 3.63) is 48.1 Å². The number of hydrogen-bond donors (Lipinski definition) is 1. The van der Waals surface area contributed by atoms with Crippen LogP contribution in [0.3, 0.4) is 0 Å². The van der Waals surface area contributed by atoms with E-state index in [1.54, 1.807) is 0 Å². The van der Waals surface area contributed by atoms with Gasteiger partial charge in [0.05, 0.1) is 12.1 Å². The van der Waals surface area contributed by atoms with E-state index in [2.05, 4.69) is 11.7 Å². The molecule has 1 aromatic carbocycles. The van der Waals surface area contributed by atoms with Gasteiger partial charge >= 0.3 is 5.97 Å². The predicted molar refractivity (Wildman–Crippen MR) is 66.4 cm³/mol.